The molecule has 0 aliphatic carbocycles. The number of carbonyl (C=O) groups excluding carboxylic acids is 6. The summed E-state index contributed by atoms with van der Waals surface area (Å²) in [5, 5.41) is 5.46. The Hall–Kier alpha value is -4.42. The smallest absolute Gasteiger partial charge is 0.336 e. The summed E-state index contributed by atoms with van der Waals surface area (Å²) >= 11 is 0. The lowest BCUT2D eigenvalue weighted by atomic mass is 10.0. The van der Waals surface area contributed by atoms with Crippen molar-refractivity contribution >= 4 is 35.3 Å². The zero-order valence-electron chi connectivity index (χ0n) is 28.7. The second-order valence-electron chi connectivity index (χ2n) is 11.9. The minimum atomic E-state index is -1.11. The average molecular weight is 669 g/mol. The van der Waals surface area contributed by atoms with Crippen LogP contribution >= 0.6 is 0 Å². The molecule has 12 nitrogen and oxygen atoms in total. The van der Waals surface area contributed by atoms with E-state index in [0.717, 1.165) is 11.1 Å². The van der Waals surface area contributed by atoms with Crippen molar-refractivity contribution in [3.05, 3.63) is 59.7 Å². The Bertz CT molecular complexity index is 1260. The summed E-state index contributed by atoms with van der Waals surface area (Å²) in [5.41, 5.74) is 2.19. The van der Waals surface area contributed by atoms with Gasteiger partial charge in [-0.1, -0.05) is 76.2 Å². The van der Waals surface area contributed by atoms with Gasteiger partial charge in [0.2, 0.25) is 11.8 Å². The number of nitrogens with one attached hydrogen (secondary N) is 2. The molecule has 0 aromatic heterocycles. The number of rotatable bonds is 21. The number of benzene rings is 2. The molecule has 0 spiro atoms. The van der Waals surface area contributed by atoms with Crippen LogP contribution in [0.15, 0.2) is 48.5 Å². The molecule has 262 valence electrons. The van der Waals surface area contributed by atoms with E-state index in [1.165, 1.54) is 0 Å². The first-order valence-electron chi connectivity index (χ1n) is 16.2. The lowest BCUT2D eigenvalue weighted by molar-refractivity contribution is -0.158. The fourth-order valence-electron chi connectivity index (χ4n) is 4.26. The van der Waals surface area contributed by atoms with Gasteiger partial charge < -0.3 is 29.6 Å². The van der Waals surface area contributed by atoms with Gasteiger partial charge in [0.15, 0.2) is 37.0 Å². The normalized spacial score (nSPS) is 12.2. The monoisotopic (exact) mass is 668 g/mol. The fraction of sp³-hybridized carbons (Fsp3) is 0.500. The maximum absolute atomic E-state index is 12.7. The van der Waals surface area contributed by atoms with E-state index in [2.05, 4.69) is 10.6 Å². The quantitative estimate of drug-likeness (QED) is 0.147. The zero-order chi connectivity index (χ0) is 35.6. The van der Waals surface area contributed by atoms with Crippen molar-refractivity contribution in [2.24, 2.45) is 11.8 Å². The number of amides is 2. The molecule has 2 aromatic carbocycles. The second kappa shape index (κ2) is 20.7. The van der Waals surface area contributed by atoms with Gasteiger partial charge >= 0.3 is 11.9 Å². The Morgan fingerprint density at radius 2 is 0.896 bits per heavy atom. The van der Waals surface area contributed by atoms with Crippen LogP contribution in [0.5, 0.6) is 0 Å². The molecule has 0 aliphatic rings. The molecule has 0 radical (unpaired) electrons. The molecule has 0 unspecified atom stereocenters. The van der Waals surface area contributed by atoms with Crippen molar-refractivity contribution in [1.82, 2.24) is 10.6 Å². The highest BCUT2D eigenvalue weighted by Gasteiger charge is 2.26. The van der Waals surface area contributed by atoms with Crippen molar-refractivity contribution in [3.8, 4) is 11.1 Å². The number of ketones is 2. The highest BCUT2D eigenvalue weighted by molar-refractivity contribution is 5.99. The molecule has 48 heavy (non-hydrogen) atoms. The third kappa shape index (κ3) is 14.1. The first-order valence-corrected chi connectivity index (χ1v) is 16.2. The first kappa shape index (κ1) is 39.8. The topological polar surface area (TPSA) is 163 Å². The van der Waals surface area contributed by atoms with Gasteiger partial charge in [0.25, 0.3) is 0 Å². The van der Waals surface area contributed by atoms with Crippen molar-refractivity contribution in [1.29, 1.82) is 0 Å². The molecular formula is C36H48N2O10. The van der Waals surface area contributed by atoms with E-state index >= 15 is 0 Å². The van der Waals surface area contributed by atoms with Gasteiger partial charge in [-0.25, -0.2) is 9.59 Å². The van der Waals surface area contributed by atoms with E-state index in [1.54, 1.807) is 62.4 Å². The lowest BCUT2D eigenvalue weighted by Crippen LogP contribution is -2.36. The Morgan fingerprint density at radius 3 is 1.19 bits per heavy atom. The predicted octanol–water partition coefficient (Wildman–Crippen LogP) is 3.94. The molecular weight excluding hydrogens is 620 g/mol. The first-order chi connectivity index (χ1) is 22.8. The van der Waals surface area contributed by atoms with Gasteiger partial charge in [-0.3, -0.25) is 19.2 Å². The molecule has 0 bridgehead atoms. The third-order valence-corrected chi connectivity index (χ3v) is 6.86. The third-order valence-electron chi connectivity index (χ3n) is 6.86. The van der Waals surface area contributed by atoms with Gasteiger partial charge in [-0.05, 0) is 36.8 Å². The van der Waals surface area contributed by atoms with Crippen LogP contribution in [-0.2, 0) is 38.1 Å². The van der Waals surface area contributed by atoms with Crippen LogP contribution < -0.4 is 10.6 Å². The molecule has 2 atom stereocenters. The molecule has 2 N–H and O–H groups in total. The van der Waals surface area contributed by atoms with Gasteiger partial charge in [0, 0.05) is 37.4 Å². The van der Waals surface area contributed by atoms with Crippen LogP contribution in [0.25, 0.3) is 11.1 Å². The molecule has 0 saturated carbocycles. The maximum Gasteiger partial charge on any atom is 0.336 e. The minimum Gasteiger partial charge on any atom is -0.455 e. The molecule has 12 heteroatoms. The van der Waals surface area contributed by atoms with Gasteiger partial charge in [-0.15, -0.1) is 0 Å². The van der Waals surface area contributed by atoms with E-state index in [4.69, 9.17) is 18.9 Å². The minimum absolute atomic E-state index is 0.199. The van der Waals surface area contributed by atoms with Crippen molar-refractivity contribution < 1.29 is 47.7 Å². The lowest BCUT2D eigenvalue weighted by Gasteiger charge is -2.16. The summed E-state index contributed by atoms with van der Waals surface area (Å²) < 4.78 is 21.1. The Morgan fingerprint density at radius 1 is 0.562 bits per heavy atom. The number of Topliss-reactive ketones (excluding diaryl/α,β-unsaturated/α-hetero) is 2. The molecule has 2 aromatic rings. The van der Waals surface area contributed by atoms with Crippen LogP contribution in [0.1, 0.15) is 75.1 Å². The number of ether oxygens (including phenoxy) is 4. The van der Waals surface area contributed by atoms with Crippen LogP contribution in [0, 0.1) is 11.8 Å². The number of hydrogen-bond acceptors (Lipinski definition) is 10. The van der Waals surface area contributed by atoms with Crippen molar-refractivity contribution in [2.75, 3.05) is 39.5 Å². The largest absolute Gasteiger partial charge is 0.455 e. The Kier molecular flexibility index (Phi) is 17.2. The van der Waals surface area contributed by atoms with Crippen LogP contribution in [0.3, 0.4) is 0 Å². The highest BCUT2D eigenvalue weighted by atomic mass is 16.6. The summed E-state index contributed by atoms with van der Waals surface area (Å²) in [5.74, 6) is -2.59. The van der Waals surface area contributed by atoms with Crippen LogP contribution in [0.2, 0.25) is 0 Å². The van der Waals surface area contributed by atoms with Crippen molar-refractivity contribution in [3.63, 3.8) is 0 Å². The number of hydrogen-bond donors (Lipinski definition) is 2. The van der Waals surface area contributed by atoms with Gasteiger partial charge in [0.1, 0.15) is 0 Å². The average Bonchev–Trinajstić information content (AvgIpc) is 3.07. The molecule has 0 fully saturated rings. The van der Waals surface area contributed by atoms with Gasteiger partial charge in [0.05, 0.1) is 12.8 Å². The fourth-order valence-corrected chi connectivity index (χ4v) is 4.26. The highest BCUT2D eigenvalue weighted by Crippen LogP contribution is 2.21. The molecule has 0 heterocycles. The summed E-state index contributed by atoms with van der Waals surface area (Å²) in [6, 6.07) is 13.3. The molecule has 0 aliphatic heterocycles. The number of carbonyl (C=O) groups is 6. The van der Waals surface area contributed by atoms with Crippen LogP contribution in [-0.4, -0.2) is 87.0 Å². The Labute approximate surface area is 282 Å². The van der Waals surface area contributed by atoms with E-state index in [1.807, 2.05) is 27.7 Å². The summed E-state index contributed by atoms with van der Waals surface area (Å²) in [4.78, 5) is 74.7. The van der Waals surface area contributed by atoms with Gasteiger partial charge in [-0.2, -0.15) is 0 Å². The van der Waals surface area contributed by atoms with E-state index in [0.29, 0.717) is 24.2 Å². The zero-order valence-corrected chi connectivity index (χ0v) is 28.7. The number of esters is 2. The Balaban J connectivity index is 1.91. The summed E-state index contributed by atoms with van der Waals surface area (Å²) in [7, 11) is 0. The SMILES string of the molecule is CCO[C@H](CC(=O)NCC(C)C)C(=O)OCC(=O)c1ccc(-c2ccc(C(=O)COC(=O)[C@@H](CC(=O)NCC(C)C)OCC)cc2)cc1. The summed E-state index contributed by atoms with van der Waals surface area (Å²) in [6.07, 6.45) is -2.63. The van der Waals surface area contributed by atoms with E-state index in [9.17, 15) is 28.8 Å². The predicted molar refractivity (Wildman–Crippen MR) is 178 cm³/mol. The molecule has 0 saturated heterocycles. The van der Waals surface area contributed by atoms with E-state index in [-0.39, 0.29) is 49.7 Å². The van der Waals surface area contributed by atoms with Crippen LogP contribution in [0.4, 0.5) is 0 Å². The summed E-state index contributed by atoms with van der Waals surface area (Å²) in [6.45, 7) is 11.5. The van der Waals surface area contributed by atoms with Crippen molar-refractivity contribution in [2.45, 2.75) is 66.6 Å². The second-order valence-corrected chi connectivity index (χ2v) is 11.9. The van der Waals surface area contributed by atoms with E-state index < -0.39 is 48.9 Å². The standard InChI is InChI=1S/C36H48N2O10/c1-7-45-31(17-33(41)37-19-23(3)4)35(43)47-21-29(39)27-13-9-25(10-14-27)26-11-15-28(16-12-26)30(40)22-48-36(44)32(46-8-2)18-34(42)38-20-24(5)6/h9-16,23-24,31-32H,7-8,17-22H2,1-6H3,(H,37,41)(H,38,42)/t31-,32-/m1/s1. The molecule has 2 rings (SSSR count). The maximum atomic E-state index is 12.7. The molecule has 2 amide bonds.